The summed E-state index contributed by atoms with van der Waals surface area (Å²) in [5, 5.41) is 5.64. The van der Waals surface area contributed by atoms with Crippen LogP contribution in [-0.4, -0.2) is 29.1 Å². The second-order valence-electron chi connectivity index (χ2n) is 7.22. The number of fused-ring (bicyclic) bond motifs is 3. The van der Waals surface area contributed by atoms with Gasteiger partial charge < -0.3 is 0 Å². The lowest BCUT2D eigenvalue weighted by molar-refractivity contribution is 0.925. The fraction of sp³-hybridized carbons (Fsp3) is 0.182. The lowest BCUT2D eigenvalue weighted by Gasteiger charge is -2.12. The predicted molar refractivity (Wildman–Crippen MR) is 110 cm³/mol. The minimum atomic E-state index is 0.652. The Labute approximate surface area is 162 Å². The van der Waals surface area contributed by atoms with E-state index in [1.807, 2.05) is 12.1 Å². The van der Waals surface area contributed by atoms with Crippen molar-refractivity contribution < 1.29 is 0 Å². The first-order chi connectivity index (χ1) is 13.5. The molecule has 0 spiro atoms. The molecule has 0 aliphatic rings. The Kier molecular flexibility index (Phi) is 3.55. The van der Waals surface area contributed by atoms with Gasteiger partial charge in [0.15, 0.2) is 17.1 Å². The molecule has 0 aliphatic carbocycles. The zero-order valence-electron chi connectivity index (χ0n) is 16.3. The summed E-state index contributed by atoms with van der Waals surface area (Å²) < 4.78 is 3.97. The van der Waals surface area contributed by atoms with Crippen LogP contribution in [-0.2, 0) is 0 Å². The molecule has 0 aliphatic heterocycles. The average Bonchev–Trinajstić information content (AvgIpc) is 3.23. The Bertz CT molecular complexity index is 1340. The number of benzene rings is 1. The standard InChI is InChI=1S/C22H20N6/c1-13-7-8-18(14(2)10-13)28-16(4)15(3)19-21(28)24-12-27-22(19)25-20(26-27)17-6-5-9-23-11-17/h5-12H,1-4H3. The summed E-state index contributed by atoms with van der Waals surface area (Å²) in [6, 6.07) is 10.4. The van der Waals surface area contributed by atoms with Gasteiger partial charge in [0.2, 0.25) is 0 Å². The van der Waals surface area contributed by atoms with Gasteiger partial charge in [-0.25, -0.2) is 14.5 Å². The molecule has 4 aromatic heterocycles. The summed E-state index contributed by atoms with van der Waals surface area (Å²) in [5.41, 5.74) is 8.55. The lowest BCUT2D eigenvalue weighted by atomic mass is 10.1. The maximum atomic E-state index is 4.82. The predicted octanol–water partition coefficient (Wildman–Crippen LogP) is 4.36. The van der Waals surface area contributed by atoms with Crippen LogP contribution in [0.5, 0.6) is 0 Å². The number of aryl methyl sites for hydroxylation is 3. The minimum absolute atomic E-state index is 0.652. The molecule has 138 valence electrons. The molecule has 0 amide bonds. The van der Waals surface area contributed by atoms with E-state index in [1.165, 1.54) is 16.7 Å². The maximum Gasteiger partial charge on any atom is 0.183 e. The highest BCUT2D eigenvalue weighted by Crippen LogP contribution is 2.31. The first kappa shape index (κ1) is 16.6. The Balaban J connectivity index is 1.82. The van der Waals surface area contributed by atoms with Crippen LogP contribution >= 0.6 is 0 Å². The van der Waals surface area contributed by atoms with Gasteiger partial charge in [0.1, 0.15) is 6.33 Å². The van der Waals surface area contributed by atoms with Gasteiger partial charge in [-0.2, -0.15) is 0 Å². The fourth-order valence-corrected chi connectivity index (χ4v) is 3.83. The third kappa shape index (κ3) is 2.34. The first-order valence-electron chi connectivity index (χ1n) is 9.25. The molecule has 5 aromatic rings. The van der Waals surface area contributed by atoms with Crippen molar-refractivity contribution in [3.63, 3.8) is 0 Å². The van der Waals surface area contributed by atoms with E-state index in [0.717, 1.165) is 33.6 Å². The largest absolute Gasteiger partial charge is 0.298 e. The molecule has 0 saturated carbocycles. The molecule has 0 fully saturated rings. The van der Waals surface area contributed by atoms with E-state index in [1.54, 1.807) is 23.2 Å². The minimum Gasteiger partial charge on any atom is -0.298 e. The summed E-state index contributed by atoms with van der Waals surface area (Å²) in [5.74, 6) is 0.652. The van der Waals surface area contributed by atoms with Gasteiger partial charge in [0.05, 0.1) is 11.1 Å². The van der Waals surface area contributed by atoms with Gasteiger partial charge in [-0.1, -0.05) is 17.7 Å². The van der Waals surface area contributed by atoms with Crippen molar-refractivity contribution in [2.45, 2.75) is 27.7 Å². The van der Waals surface area contributed by atoms with Gasteiger partial charge in [-0.15, -0.1) is 5.10 Å². The van der Waals surface area contributed by atoms with Crippen LogP contribution in [0.1, 0.15) is 22.4 Å². The Morgan fingerprint density at radius 3 is 2.57 bits per heavy atom. The Morgan fingerprint density at radius 1 is 0.964 bits per heavy atom. The zero-order chi connectivity index (χ0) is 19.4. The summed E-state index contributed by atoms with van der Waals surface area (Å²) in [7, 11) is 0. The highest BCUT2D eigenvalue weighted by molar-refractivity contribution is 5.95. The second-order valence-corrected chi connectivity index (χ2v) is 7.22. The topological polar surface area (TPSA) is 60.9 Å². The first-order valence-corrected chi connectivity index (χ1v) is 9.25. The zero-order valence-corrected chi connectivity index (χ0v) is 16.3. The lowest BCUT2D eigenvalue weighted by Crippen LogP contribution is -2.01. The molecule has 6 heteroatoms. The van der Waals surface area contributed by atoms with Gasteiger partial charge in [0, 0.05) is 23.7 Å². The number of rotatable bonds is 2. The molecule has 0 radical (unpaired) electrons. The molecule has 1 aromatic carbocycles. The van der Waals surface area contributed by atoms with Crippen molar-refractivity contribution in [3.05, 3.63) is 71.4 Å². The number of pyridine rings is 1. The normalized spacial score (nSPS) is 11.6. The quantitative estimate of drug-likeness (QED) is 0.464. The van der Waals surface area contributed by atoms with Crippen molar-refractivity contribution in [2.24, 2.45) is 0 Å². The molecule has 0 atom stereocenters. The van der Waals surface area contributed by atoms with Crippen LogP contribution < -0.4 is 0 Å². The van der Waals surface area contributed by atoms with E-state index in [9.17, 15) is 0 Å². The number of aromatic nitrogens is 6. The summed E-state index contributed by atoms with van der Waals surface area (Å²) >= 11 is 0. The third-order valence-electron chi connectivity index (χ3n) is 5.35. The fourth-order valence-electron chi connectivity index (χ4n) is 3.83. The van der Waals surface area contributed by atoms with E-state index in [2.05, 4.69) is 60.5 Å². The summed E-state index contributed by atoms with van der Waals surface area (Å²) in [6.07, 6.45) is 5.26. The monoisotopic (exact) mass is 368 g/mol. The van der Waals surface area contributed by atoms with Gasteiger partial charge in [0.25, 0.3) is 0 Å². The molecule has 0 bridgehead atoms. The highest BCUT2D eigenvalue weighted by atomic mass is 15.3. The molecule has 6 nitrogen and oxygen atoms in total. The maximum absolute atomic E-state index is 4.82. The third-order valence-corrected chi connectivity index (χ3v) is 5.35. The highest BCUT2D eigenvalue weighted by Gasteiger charge is 2.20. The van der Waals surface area contributed by atoms with Crippen LogP contribution in [0, 0.1) is 27.7 Å². The van der Waals surface area contributed by atoms with Crippen LogP contribution in [0.2, 0.25) is 0 Å². The van der Waals surface area contributed by atoms with Crippen molar-refractivity contribution in [1.29, 1.82) is 0 Å². The SMILES string of the molecule is Cc1ccc(-n2c(C)c(C)c3c2ncn2nc(-c4cccnc4)nc32)c(C)c1. The van der Waals surface area contributed by atoms with Crippen LogP contribution in [0.15, 0.2) is 49.1 Å². The van der Waals surface area contributed by atoms with Gasteiger partial charge >= 0.3 is 0 Å². The van der Waals surface area contributed by atoms with E-state index >= 15 is 0 Å². The van der Waals surface area contributed by atoms with Crippen molar-refractivity contribution in [1.82, 2.24) is 29.1 Å². The number of nitrogens with zero attached hydrogens (tertiary/aromatic N) is 6. The Hall–Kier alpha value is -3.54. The molecule has 5 rings (SSSR count). The van der Waals surface area contributed by atoms with Gasteiger partial charge in [-0.3, -0.25) is 9.55 Å². The molecule has 0 unspecified atom stereocenters. The molecule has 4 heterocycles. The molecule has 0 N–H and O–H groups in total. The van der Waals surface area contributed by atoms with Crippen molar-refractivity contribution in [3.8, 4) is 17.1 Å². The van der Waals surface area contributed by atoms with E-state index in [0.29, 0.717) is 5.82 Å². The molecule has 28 heavy (non-hydrogen) atoms. The van der Waals surface area contributed by atoms with Crippen molar-refractivity contribution >= 4 is 16.7 Å². The molecular formula is C22H20N6. The Morgan fingerprint density at radius 2 is 1.82 bits per heavy atom. The molecule has 0 saturated heterocycles. The smallest absolute Gasteiger partial charge is 0.183 e. The average molecular weight is 368 g/mol. The van der Waals surface area contributed by atoms with Crippen LogP contribution in [0.4, 0.5) is 0 Å². The van der Waals surface area contributed by atoms with Crippen LogP contribution in [0.25, 0.3) is 33.8 Å². The van der Waals surface area contributed by atoms with E-state index in [-0.39, 0.29) is 0 Å². The van der Waals surface area contributed by atoms with Gasteiger partial charge in [-0.05, 0) is 57.0 Å². The molecular weight excluding hydrogens is 348 g/mol. The summed E-state index contributed by atoms with van der Waals surface area (Å²) in [4.78, 5) is 13.7. The van der Waals surface area contributed by atoms with Crippen molar-refractivity contribution in [2.75, 3.05) is 0 Å². The number of hydrogen-bond donors (Lipinski definition) is 0. The number of hydrogen-bond acceptors (Lipinski definition) is 4. The second kappa shape index (κ2) is 5.99. The summed E-state index contributed by atoms with van der Waals surface area (Å²) in [6.45, 7) is 8.50. The van der Waals surface area contributed by atoms with Crippen LogP contribution in [0.3, 0.4) is 0 Å². The van der Waals surface area contributed by atoms with E-state index in [4.69, 9.17) is 9.97 Å². The van der Waals surface area contributed by atoms with E-state index < -0.39 is 0 Å².